The summed E-state index contributed by atoms with van der Waals surface area (Å²) >= 11 is 0. The lowest BCUT2D eigenvalue weighted by molar-refractivity contribution is 0.482. The smallest absolute Gasteiger partial charge is 0.207 e. The van der Waals surface area contributed by atoms with Crippen LogP contribution >= 0.6 is 0 Å². The fourth-order valence-electron chi connectivity index (χ4n) is 4.78. The molecule has 1 heterocycles. The van der Waals surface area contributed by atoms with Crippen molar-refractivity contribution in [3.8, 4) is 0 Å². The summed E-state index contributed by atoms with van der Waals surface area (Å²) < 4.78 is 6.74. The van der Waals surface area contributed by atoms with Gasteiger partial charge in [-0.15, -0.1) is 0 Å². The number of allylic oxidation sites excluding steroid dienone is 2. The average molecular weight is 380 g/mol. The molecule has 0 aliphatic heterocycles. The van der Waals surface area contributed by atoms with Gasteiger partial charge in [-0.05, 0) is 74.3 Å². The van der Waals surface area contributed by atoms with Crippen LogP contribution in [0.5, 0.6) is 0 Å². The Kier molecular flexibility index (Phi) is 4.89. The van der Waals surface area contributed by atoms with Crippen molar-refractivity contribution in [2.75, 3.05) is 0 Å². The highest BCUT2D eigenvalue weighted by Crippen LogP contribution is 2.42. The summed E-state index contributed by atoms with van der Waals surface area (Å²) in [5.41, 5.74) is 9.50. The molecule has 29 heavy (non-hydrogen) atoms. The van der Waals surface area contributed by atoms with Gasteiger partial charge >= 0.3 is 11.5 Å². The summed E-state index contributed by atoms with van der Waals surface area (Å²) in [6.07, 6.45) is 11.5. The Morgan fingerprint density at radius 3 is 1.52 bits per heavy atom. The zero-order valence-electron chi connectivity index (χ0n) is 17.1. The fourth-order valence-corrected chi connectivity index (χ4v) is 4.78. The lowest BCUT2D eigenvalue weighted by Crippen LogP contribution is -2.12. The monoisotopic (exact) mass is 379 g/mol. The molecule has 2 aliphatic carbocycles. The van der Waals surface area contributed by atoms with E-state index in [4.69, 9.17) is 4.42 Å². The first kappa shape index (κ1) is 18.1. The van der Waals surface area contributed by atoms with Gasteiger partial charge in [0.1, 0.15) is 0 Å². The summed E-state index contributed by atoms with van der Waals surface area (Å²) in [5.74, 6) is 2.24. The maximum absolute atomic E-state index is 6.74. The first-order chi connectivity index (χ1) is 14.3. The number of hydrogen-bond acceptors (Lipinski definition) is 0. The van der Waals surface area contributed by atoms with Crippen LogP contribution in [0.1, 0.15) is 65.0 Å². The van der Waals surface area contributed by atoms with Crippen LogP contribution in [0.15, 0.2) is 65.1 Å². The van der Waals surface area contributed by atoms with Crippen LogP contribution in [-0.2, 0) is 12.8 Å². The molecule has 0 amide bonds. The third-order valence-electron chi connectivity index (χ3n) is 6.27. The zero-order chi connectivity index (χ0) is 19.6. The molecule has 0 spiro atoms. The summed E-state index contributed by atoms with van der Waals surface area (Å²) in [6, 6.07) is 21.3. The summed E-state index contributed by atoms with van der Waals surface area (Å²) in [4.78, 5) is 0. The first-order valence-corrected chi connectivity index (χ1v) is 10.8. The molecule has 0 saturated carbocycles. The summed E-state index contributed by atoms with van der Waals surface area (Å²) in [5, 5.41) is 0. The standard InChI is InChI=1S/C28H27O/c1-20-25-16-8-14-23(18-21-10-4-2-5-11-21)27(25)29-28-24(15-9-17-26(20)28)19-22-12-6-3-7-13-22/h2-7,10-13,18-19H,8-9,14-17H2,1H3/q+1/b23-18+,24-19+. The highest BCUT2D eigenvalue weighted by Gasteiger charge is 2.35. The molecule has 0 saturated heterocycles. The molecule has 0 unspecified atom stereocenters. The van der Waals surface area contributed by atoms with E-state index in [1.807, 2.05) is 0 Å². The SMILES string of the molecule is Cc1c2c([o+]c3c1CCC/C3=C\c1ccccc1)/C(=C/c1ccccc1)CCC2. The van der Waals surface area contributed by atoms with Crippen molar-refractivity contribution in [2.24, 2.45) is 0 Å². The second-order valence-corrected chi connectivity index (χ2v) is 8.21. The maximum atomic E-state index is 6.74. The average Bonchev–Trinajstić information content (AvgIpc) is 2.77. The normalized spacial score (nSPS) is 18.5. The minimum atomic E-state index is 1.08. The number of rotatable bonds is 2. The highest BCUT2D eigenvalue weighted by atomic mass is 16.3. The lowest BCUT2D eigenvalue weighted by Gasteiger charge is -2.19. The van der Waals surface area contributed by atoms with Crippen molar-refractivity contribution < 1.29 is 4.42 Å². The first-order valence-electron chi connectivity index (χ1n) is 10.8. The third-order valence-corrected chi connectivity index (χ3v) is 6.27. The van der Waals surface area contributed by atoms with Crippen LogP contribution in [0.25, 0.3) is 23.3 Å². The molecular formula is C28H27O+. The van der Waals surface area contributed by atoms with Gasteiger partial charge in [0.15, 0.2) is 0 Å². The molecule has 2 aliphatic rings. The van der Waals surface area contributed by atoms with Gasteiger partial charge in [-0.3, -0.25) is 0 Å². The van der Waals surface area contributed by atoms with Gasteiger partial charge in [-0.1, -0.05) is 60.7 Å². The Hall–Kier alpha value is -2.93. The van der Waals surface area contributed by atoms with Crippen LogP contribution in [0, 0.1) is 6.92 Å². The van der Waals surface area contributed by atoms with E-state index >= 15 is 0 Å². The molecule has 1 nitrogen and oxygen atoms in total. The van der Waals surface area contributed by atoms with Crippen molar-refractivity contribution in [1.82, 2.24) is 0 Å². The van der Waals surface area contributed by atoms with E-state index in [1.165, 1.54) is 51.8 Å². The van der Waals surface area contributed by atoms with E-state index < -0.39 is 0 Å². The Balaban J connectivity index is 1.65. The molecule has 0 atom stereocenters. The summed E-state index contributed by atoms with van der Waals surface area (Å²) in [7, 11) is 0. The molecule has 3 aromatic rings. The molecule has 2 aromatic carbocycles. The van der Waals surface area contributed by atoms with Gasteiger partial charge in [-0.2, -0.15) is 0 Å². The summed E-state index contributed by atoms with van der Waals surface area (Å²) in [6.45, 7) is 2.31. The van der Waals surface area contributed by atoms with E-state index in [-0.39, 0.29) is 0 Å². The second kappa shape index (κ2) is 7.83. The van der Waals surface area contributed by atoms with E-state index in [2.05, 4.69) is 79.7 Å². The minimum absolute atomic E-state index is 1.08. The van der Waals surface area contributed by atoms with Crippen molar-refractivity contribution in [3.63, 3.8) is 0 Å². The molecule has 1 heteroatoms. The van der Waals surface area contributed by atoms with Gasteiger partial charge in [0.2, 0.25) is 0 Å². The topological polar surface area (TPSA) is 11.3 Å². The quantitative estimate of drug-likeness (QED) is 0.417. The molecule has 0 radical (unpaired) electrons. The van der Waals surface area contributed by atoms with Crippen molar-refractivity contribution in [3.05, 3.63) is 100 Å². The second-order valence-electron chi connectivity index (χ2n) is 8.21. The van der Waals surface area contributed by atoms with Crippen LogP contribution in [0.3, 0.4) is 0 Å². The van der Waals surface area contributed by atoms with Crippen LogP contribution in [0.4, 0.5) is 0 Å². The van der Waals surface area contributed by atoms with E-state index in [0.717, 1.165) is 37.2 Å². The van der Waals surface area contributed by atoms with Gasteiger partial charge in [0.25, 0.3) is 0 Å². The molecule has 0 bridgehead atoms. The van der Waals surface area contributed by atoms with Crippen molar-refractivity contribution >= 4 is 23.3 Å². The fraction of sp³-hybridized carbons (Fsp3) is 0.250. The maximum Gasteiger partial charge on any atom is 0.360 e. The highest BCUT2D eigenvalue weighted by molar-refractivity contribution is 5.85. The predicted octanol–water partition coefficient (Wildman–Crippen LogP) is 7.62. The molecular weight excluding hydrogens is 352 g/mol. The Labute approximate surface area is 173 Å². The molecule has 5 rings (SSSR count). The van der Waals surface area contributed by atoms with Gasteiger partial charge < -0.3 is 0 Å². The minimum Gasteiger partial charge on any atom is -0.207 e. The Bertz CT molecular complexity index is 1000. The number of hydrogen-bond donors (Lipinski definition) is 0. The van der Waals surface area contributed by atoms with Crippen molar-refractivity contribution in [2.45, 2.75) is 45.4 Å². The zero-order valence-corrected chi connectivity index (χ0v) is 17.1. The van der Waals surface area contributed by atoms with Gasteiger partial charge in [0.05, 0.1) is 22.3 Å². The lowest BCUT2D eigenvalue weighted by atomic mass is 9.82. The number of benzene rings is 2. The Morgan fingerprint density at radius 1 is 0.621 bits per heavy atom. The van der Waals surface area contributed by atoms with E-state index in [0.29, 0.717) is 0 Å². The molecule has 1 aromatic heterocycles. The van der Waals surface area contributed by atoms with E-state index in [9.17, 15) is 0 Å². The predicted molar refractivity (Wildman–Crippen MR) is 122 cm³/mol. The third kappa shape index (κ3) is 3.58. The number of fused-ring (bicyclic) bond motifs is 2. The largest absolute Gasteiger partial charge is 0.360 e. The van der Waals surface area contributed by atoms with Gasteiger partial charge in [-0.25, -0.2) is 4.42 Å². The van der Waals surface area contributed by atoms with Crippen LogP contribution in [0.2, 0.25) is 0 Å². The Morgan fingerprint density at radius 2 is 1.07 bits per heavy atom. The van der Waals surface area contributed by atoms with Crippen molar-refractivity contribution in [1.29, 1.82) is 0 Å². The molecule has 0 N–H and O–H groups in total. The van der Waals surface area contributed by atoms with E-state index in [1.54, 1.807) is 0 Å². The van der Waals surface area contributed by atoms with Crippen LogP contribution < -0.4 is 0 Å². The van der Waals surface area contributed by atoms with Gasteiger partial charge in [0, 0.05) is 0 Å². The molecule has 144 valence electrons. The molecule has 0 fully saturated rings. The van der Waals surface area contributed by atoms with Crippen LogP contribution in [-0.4, -0.2) is 0 Å².